The summed E-state index contributed by atoms with van der Waals surface area (Å²) >= 11 is 0. The molecule has 2 aromatic carbocycles. The molecule has 0 unspecified atom stereocenters. The number of ether oxygens (including phenoxy) is 1. The van der Waals surface area contributed by atoms with Crippen LogP contribution in [0.3, 0.4) is 0 Å². The van der Waals surface area contributed by atoms with Crippen molar-refractivity contribution in [1.82, 2.24) is 0 Å². The third-order valence-corrected chi connectivity index (χ3v) is 4.36. The van der Waals surface area contributed by atoms with Crippen molar-refractivity contribution < 1.29 is 13.9 Å². The second kappa shape index (κ2) is 7.97. The van der Waals surface area contributed by atoms with E-state index in [0.717, 1.165) is 10.9 Å². The van der Waals surface area contributed by atoms with Crippen molar-refractivity contribution in [2.75, 3.05) is 5.32 Å². The number of nitrogens with zero attached hydrogens (tertiary/aromatic N) is 1. The second-order valence-electron chi connectivity index (χ2n) is 6.74. The summed E-state index contributed by atoms with van der Waals surface area (Å²) in [5.41, 5.74) is 1.69. The number of carbonyl (C=O) groups is 1. The van der Waals surface area contributed by atoms with Gasteiger partial charge in [0, 0.05) is 17.5 Å². The lowest BCUT2D eigenvalue weighted by atomic mass is 10.00. The Morgan fingerprint density at radius 1 is 1.14 bits per heavy atom. The molecule has 0 radical (unpaired) electrons. The fraction of sp³-hybridized carbons (Fsp3) is 0.227. The third kappa shape index (κ3) is 4.04. The van der Waals surface area contributed by atoms with Gasteiger partial charge < -0.3 is 14.5 Å². The topological polar surface area (TPSA) is 92.3 Å². The van der Waals surface area contributed by atoms with Crippen LogP contribution < -0.4 is 15.7 Å². The first-order valence-corrected chi connectivity index (χ1v) is 8.93. The predicted octanol–water partition coefficient (Wildman–Crippen LogP) is 4.19. The monoisotopic (exact) mass is 376 g/mol. The SMILES string of the molecule is CC(C)c1cc(=O)oc2cc(O[C@H](C)C(=O)Nc3ccccc3C#N)ccc12. The molecular formula is C22H20N2O4. The number of benzene rings is 2. The van der Waals surface area contributed by atoms with Gasteiger partial charge in [0.05, 0.1) is 11.3 Å². The number of carbonyl (C=O) groups excluding carboxylic acids is 1. The zero-order valence-electron chi connectivity index (χ0n) is 15.9. The summed E-state index contributed by atoms with van der Waals surface area (Å²) in [7, 11) is 0. The lowest BCUT2D eigenvalue weighted by Gasteiger charge is -2.16. The molecule has 0 bridgehead atoms. The highest BCUT2D eigenvalue weighted by atomic mass is 16.5. The number of nitriles is 1. The Balaban J connectivity index is 1.81. The summed E-state index contributed by atoms with van der Waals surface area (Å²) in [6.45, 7) is 5.61. The van der Waals surface area contributed by atoms with Crippen LogP contribution in [-0.2, 0) is 4.79 Å². The number of rotatable bonds is 5. The van der Waals surface area contributed by atoms with E-state index in [1.54, 1.807) is 43.3 Å². The van der Waals surface area contributed by atoms with Crippen molar-refractivity contribution in [3.63, 3.8) is 0 Å². The summed E-state index contributed by atoms with van der Waals surface area (Å²) in [5, 5.41) is 12.6. The minimum Gasteiger partial charge on any atom is -0.481 e. The fourth-order valence-electron chi connectivity index (χ4n) is 2.90. The highest BCUT2D eigenvalue weighted by molar-refractivity contribution is 5.95. The van der Waals surface area contributed by atoms with Crippen molar-refractivity contribution in [1.29, 1.82) is 5.26 Å². The Morgan fingerprint density at radius 3 is 2.61 bits per heavy atom. The number of anilines is 1. The van der Waals surface area contributed by atoms with Crippen LogP contribution in [0.25, 0.3) is 11.0 Å². The Kier molecular flexibility index (Phi) is 5.46. The molecule has 6 heteroatoms. The van der Waals surface area contributed by atoms with Gasteiger partial charge in [0.25, 0.3) is 5.91 Å². The van der Waals surface area contributed by atoms with E-state index in [9.17, 15) is 9.59 Å². The Hall–Kier alpha value is -3.59. The number of nitrogens with one attached hydrogen (secondary N) is 1. The molecule has 0 saturated carbocycles. The molecule has 0 aliphatic heterocycles. The molecule has 1 atom stereocenters. The van der Waals surface area contributed by atoms with Crippen molar-refractivity contribution in [3.05, 3.63) is 70.1 Å². The minimum absolute atomic E-state index is 0.170. The van der Waals surface area contributed by atoms with Crippen LogP contribution in [0.2, 0.25) is 0 Å². The highest BCUT2D eigenvalue weighted by Gasteiger charge is 2.17. The summed E-state index contributed by atoms with van der Waals surface area (Å²) < 4.78 is 11.0. The predicted molar refractivity (Wildman–Crippen MR) is 106 cm³/mol. The molecule has 0 spiro atoms. The van der Waals surface area contributed by atoms with E-state index in [0.29, 0.717) is 22.6 Å². The van der Waals surface area contributed by atoms with Crippen LogP contribution in [0.4, 0.5) is 5.69 Å². The zero-order valence-corrected chi connectivity index (χ0v) is 15.9. The second-order valence-corrected chi connectivity index (χ2v) is 6.74. The molecule has 0 aliphatic carbocycles. The first kappa shape index (κ1) is 19.2. The summed E-state index contributed by atoms with van der Waals surface area (Å²) in [4.78, 5) is 24.2. The highest BCUT2D eigenvalue weighted by Crippen LogP contribution is 2.27. The maximum Gasteiger partial charge on any atom is 0.336 e. The Bertz CT molecular complexity index is 1130. The Morgan fingerprint density at radius 2 is 1.89 bits per heavy atom. The maximum absolute atomic E-state index is 12.4. The van der Waals surface area contributed by atoms with E-state index in [4.69, 9.17) is 14.4 Å². The van der Waals surface area contributed by atoms with Crippen molar-refractivity contribution in [3.8, 4) is 11.8 Å². The van der Waals surface area contributed by atoms with Gasteiger partial charge in [0.15, 0.2) is 6.10 Å². The third-order valence-electron chi connectivity index (χ3n) is 4.36. The standard InChI is InChI=1S/C22H20N2O4/c1-13(2)18-11-21(25)28-20-10-16(8-9-17(18)20)27-14(3)22(26)24-19-7-5-4-6-15(19)12-23/h4-11,13-14H,1-3H3,(H,24,26)/t14-/m1/s1. The minimum atomic E-state index is -0.816. The van der Waals surface area contributed by atoms with Gasteiger partial charge in [-0.2, -0.15) is 5.26 Å². The molecule has 28 heavy (non-hydrogen) atoms. The van der Waals surface area contributed by atoms with E-state index >= 15 is 0 Å². The summed E-state index contributed by atoms with van der Waals surface area (Å²) in [6.07, 6.45) is -0.816. The first-order valence-electron chi connectivity index (χ1n) is 8.93. The van der Waals surface area contributed by atoms with Crippen LogP contribution in [-0.4, -0.2) is 12.0 Å². The first-order chi connectivity index (χ1) is 13.4. The van der Waals surface area contributed by atoms with Crippen LogP contribution in [0, 0.1) is 11.3 Å². The van der Waals surface area contributed by atoms with Gasteiger partial charge in [-0.05, 0) is 42.7 Å². The lowest BCUT2D eigenvalue weighted by molar-refractivity contribution is -0.122. The number of hydrogen-bond donors (Lipinski definition) is 1. The van der Waals surface area contributed by atoms with Gasteiger partial charge in [-0.3, -0.25) is 4.79 Å². The van der Waals surface area contributed by atoms with E-state index in [1.165, 1.54) is 6.07 Å². The van der Waals surface area contributed by atoms with Crippen LogP contribution >= 0.6 is 0 Å². The molecule has 0 fully saturated rings. The van der Waals surface area contributed by atoms with Crippen LogP contribution in [0.15, 0.2) is 57.7 Å². The molecule has 1 amide bonds. The van der Waals surface area contributed by atoms with Gasteiger partial charge >= 0.3 is 5.63 Å². The average Bonchev–Trinajstić information content (AvgIpc) is 2.67. The van der Waals surface area contributed by atoms with E-state index in [-0.39, 0.29) is 11.8 Å². The van der Waals surface area contributed by atoms with Gasteiger partial charge in [0.2, 0.25) is 0 Å². The maximum atomic E-state index is 12.4. The molecule has 1 N–H and O–H groups in total. The normalized spacial score (nSPS) is 11.8. The molecule has 142 valence electrons. The number of fused-ring (bicyclic) bond motifs is 1. The van der Waals surface area contributed by atoms with Crippen molar-refractivity contribution in [2.45, 2.75) is 32.8 Å². The van der Waals surface area contributed by atoms with Gasteiger partial charge in [-0.15, -0.1) is 0 Å². The number of hydrogen-bond acceptors (Lipinski definition) is 5. The van der Waals surface area contributed by atoms with Crippen LogP contribution in [0.1, 0.15) is 37.8 Å². The van der Waals surface area contributed by atoms with Gasteiger partial charge in [0.1, 0.15) is 17.4 Å². The average molecular weight is 376 g/mol. The molecule has 1 aromatic heterocycles. The molecule has 3 rings (SSSR count). The molecule has 0 saturated heterocycles. The van der Waals surface area contributed by atoms with Crippen molar-refractivity contribution in [2.24, 2.45) is 0 Å². The lowest BCUT2D eigenvalue weighted by Crippen LogP contribution is -2.30. The van der Waals surface area contributed by atoms with Crippen molar-refractivity contribution >= 4 is 22.6 Å². The molecule has 0 aliphatic rings. The van der Waals surface area contributed by atoms with Gasteiger partial charge in [-0.1, -0.05) is 26.0 Å². The number of amides is 1. The van der Waals surface area contributed by atoms with E-state index in [1.807, 2.05) is 26.0 Å². The quantitative estimate of drug-likeness (QED) is 0.674. The summed E-state index contributed by atoms with van der Waals surface area (Å²) in [5.74, 6) is 0.191. The molecular weight excluding hydrogens is 356 g/mol. The zero-order chi connectivity index (χ0) is 20.3. The fourth-order valence-corrected chi connectivity index (χ4v) is 2.90. The smallest absolute Gasteiger partial charge is 0.336 e. The molecule has 6 nitrogen and oxygen atoms in total. The largest absolute Gasteiger partial charge is 0.481 e. The van der Waals surface area contributed by atoms with Crippen LogP contribution in [0.5, 0.6) is 5.75 Å². The Labute approximate surface area is 162 Å². The summed E-state index contributed by atoms with van der Waals surface area (Å²) in [6, 6.07) is 15.4. The van der Waals surface area contributed by atoms with E-state index < -0.39 is 11.7 Å². The van der Waals surface area contributed by atoms with Gasteiger partial charge in [-0.25, -0.2) is 4.79 Å². The van der Waals surface area contributed by atoms with E-state index in [2.05, 4.69) is 5.32 Å². The molecule has 1 heterocycles. The molecule has 3 aromatic rings. The number of para-hydroxylation sites is 1.